The van der Waals surface area contributed by atoms with E-state index in [9.17, 15) is 9.90 Å². The Balaban J connectivity index is 1.89. The van der Waals surface area contributed by atoms with Gasteiger partial charge in [-0.15, -0.1) is 0 Å². The Morgan fingerprint density at radius 1 is 1.44 bits per heavy atom. The fraction of sp³-hybridized carbons (Fsp3) is 0.500. The van der Waals surface area contributed by atoms with Crippen molar-refractivity contribution in [1.82, 2.24) is 4.90 Å². The van der Waals surface area contributed by atoms with Crippen molar-refractivity contribution < 1.29 is 9.90 Å². The minimum atomic E-state index is -0.278. The van der Waals surface area contributed by atoms with E-state index in [1.807, 2.05) is 36.9 Å². The normalized spacial score (nSPS) is 20.1. The maximum atomic E-state index is 11.8. The molecule has 0 radical (unpaired) electrons. The number of carbonyl (C=O) groups is 1. The molecule has 0 aliphatic carbocycles. The van der Waals surface area contributed by atoms with Gasteiger partial charge in [0.2, 0.25) is 5.91 Å². The van der Waals surface area contributed by atoms with Crippen LogP contribution >= 0.6 is 0 Å². The Hall–Kier alpha value is -1.39. The van der Waals surface area contributed by atoms with E-state index in [1.54, 1.807) is 0 Å². The smallest absolute Gasteiger partial charge is 0.238 e. The van der Waals surface area contributed by atoms with Crippen molar-refractivity contribution in [3.63, 3.8) is 0 Å². The summed E-state index contributed by atoms with van der Waals surface area (Å²) < 4.78 is 0. The third kappa shape index (κ3) is 3.31. The summed E-state index contributed by atoms with van der Waals surface area (Å²) in [5, 5.41) is 12.3. The van der Waals surface area contributed by atoms with Crippen LogP contribution in [0.3, 0.4) is 0 Å². The molecule has 18 heavy (non-hydrogen) atoms. The molecule has 0 aromatic heterocycles. The highest BCUT2D eigenvalue weighted by Crippen LogP contribution is 2.14. The van der Waals surface area contributed by atoms with Crippen LogP contribution in [-0.2, 0) is 4.79 Å². The summed E-state index contributed by atoms with van der Waals surface area (Å²) in [6.07, 6.45) is 0.483. The fourth-order valence-corrected chi connectivity index (χ4v) is 2.18. The number of aryl methyl sites for hydroxylation is 2. The Morgan fingerprint density at radius 2 is 2.22 bits per heavy atom. The highest BCUT2D eigenvalue weighted by Gasteiger charge is 2.21. The minimum Gasteiger partial charge on any atom is -0.392 e. The molecule has 1 heterocycles. The standard InChI is InChI=1S/C14H20N2O2/c1-10-3-4-12(7-11(10)2)15-14(18)9-16-6-5-13(17)8-16/h3-4,7,13,17H,5-6,8-9H2,1-2H3,(H,15,18)/t13-/m1/s1. The van der Waals surface area contributed by atoms with Crippen molar-refractivity contribution in [3.05, 3.63) is 29.3 Å². The summed E-state index contributed by atoms with van der Waals surface area (Å²) in [6.45, 7) is 5.82. The molecule has 1 aromatic carbocycles. The van der Waals surface area contributed by atoms with Gasteiger partial charge in [-0.3, -0.25) is 9.69 Å². The van der Waals surface area contributed by atoms with Crippen LogP contribution < -0.4 is 5.32 Å². The number of carbonyl (C=O) groups excluding carboxylic acids is 1. The van der Waals surface area contributed by atoms with Gasteiger partial charge in [0, 0.05) is 18.8 Å². The highest BCUT2D eigenvalue weighted by molar-refractivity contribution is 5.92. The summed E-state index contributed by atoms with van der Waals surface area (Å²) in [5.41, 5.74) is 3.22. The second kappa shape index (κ2) is 5.50. The summed E-state index contributed by atoms with van der Waals surface area (Å²) >= 11 is 0. The zero-order valence-corrected chi connectivity index (χ0v) is 10.9. The Labute approximate surface area is 108 Å². The summed E-state index contributed by atoms with van der Waals surface area (Å²) in [6, 6.07) is 5.90. The van der Waals surface area contributed by atoms with Crippen LogP contribution in [0.25, 0.3) is 0 Å². The van der Waals surface area contributed by atoms with E-state index in [2.05, 4.69) is 5.32 Å². The number of anilines is 1. The van der Waals surface area contributed by atoms with Gasteiger partial charge in [0.1, 0.15) is 0 Å². The number of amides is 1. The second-order valence-corrected chi connectivity index (χ2v) is 5.02. The first-order valence-electron chi connectivity index (χ1n) is 6.32. The van der Waals surface area contributed by atoms with Crippen molar-refractivity contribution in [2.24, 2.45) is 0 Å². The third-order valence-electron chi connectivity index (χ3n) is 3.41. The first-order valence-corrected chi connectivity index (χ1v) is 6.32. The lowest BCUT2D eigenvalue weighted by Crippen LogP contribution is -2.32. The van der Waals surface area contributed by atoms with Crippen molar-refractivity contribution in [1.29, 1.82) is 0 Å². The van der Waals surface area contributed by atoms with E-state index in [4.69, 9.17) is 0 Å². The Morgan fingerprint density at radius 3 is 2.83 bits per heavy atom. The maximum Gasteiger partial charge on any atom is 0.238 e. The van der Waals surface area contributed by atoms with Crippen LogP contribution in [-0.4, -0.2) is 41.7 Å². The maximum absolute atomic E-state index is 11.8. The van der Waals surface area contributed by atoms with Crippen molar-refractivity contribution in [2.75, 3.05) is 25.0 Å². The molecular formula is C14H20N2O2. The zero-order valence-electron chi connectivity index (χ0n) is 10.9. The lowest BCUT2D eigenvalue weighted by Gasteiger charge is -2.14. The quantitative estimate of drug-likeness (QED) is 0.848. The fourth-order valence-electron chi connectivity index (χ4n) is 2.18. The van der Waals surface area contributed by atoms with Crippen LogP contribution in [0, 0.1) is 13.8 Å². The van der Waals surface area contributed by atoms with Crippen molar-refractivity contribution in [2.45, 2.75) is 26.4 Å². The minimum absolute atomic E-state index is 0.0210. The number of likely N-dealkylation sites (tertiary alicyclic amines) is 1. The molecule has 1 atom stereocenters. The van der Waals surface area contributed by atoms with Crippen LogP contribution in [0.2, 0.25) is 0 Å². The molecule has 0 bridgehead atoms. The van der Waals surface area contributed by atoms with Gasteiger partial charge >= 0.3 is 0 Å². The van der Waals surface area contributed by atoms with E-state index in [-0.39, 0.29) is 12.0 Å². The molecule has 0 saturated carbocycles. The van der Waals surface area contributed by atoms with Crippen molar-refractivity contribution >= 4 is 11.6 Å². The molecule has 2 N–H and O–H groups in total. The van der Waals surface area contributed by atoms with E-state index in [1.165, 1.54) is 11.1 Å². The van der Waals surface area contributed by atoms with Gasteiger partial charge < -0.3 is 10.4 Å². The second-order valence-electron chi connectivity index (χ2n) is 5.02. The first-order chi connectivity index (χ1) is 8.54. The lowest BCUT2D eigenvalue weighted by atomic mass is 10.1. The summed E-state index contributed by atoms with van der Waals surface area (Å²) in [4.78, 5) is 13.8. The number of hydrogen-bond acceptors (Lipinski definition) is 3. The molecule has 1 aromatic rings. The van der Waals surface area contributed by atoms with Crippen LogP contribution in [0.15, 0.2) is 18.2 Å². The van der Waals surface area contributed by atoms with Crippen LogP contribution in [0.5, 0.6) is 0 Å². The van der Waals surface area contributed by atoms with Crippen LogP contribution in [0.1, 0.15) is 17.5 Å². The van der Waals surface area contributed by atoms with E-state index in [0.717, 1.165) is 18.7 Å². The average Bonchev–Trinajstić information content (AvgIpc) is 2.69. The van der Waals surface area contributed by atoms with Crippen LogP contribution in [0.4, 0.5) is 5.69 Å². The van der Waals surface area contributed by atoms with Gasteiger partial charge in [0.05, 0.1) is 12.6 Å². The van der Waals surface area contributed by atoms with Gasteiger partial charge in [0.25, 0.3) is 0 Å². The molecule has 4 heteroatoms. The molecule has 1 amide bonds. The van der Waals surface area contributed by atoms with Gasteiger partial charge in [-0.2, -0.15) is 0 Å². The summed E-state index contributed by atoms with van der Waals surface area (Å²) in [5.74, 6) is -0.0210. The molecule has 98 valence electrons. The van der Waals surface area contributed by atoms with Crippen molar-refractivity contribution in [3.8, 4) is 0 Å². The molecule has 4 nitrogen and oxygen atoms in total. The monoisotopic (exact) mass is 248 g/mol. The number of aliphatic hydroxyl groups excluding tert-OH is 1. The summed E-state index contributed by atoms with van der Waals surface area (Å²) in [7, 11) is 0. The Bertz CT molecular complexity index is 445. The van der Waals surface area contributed by atoms with Gasteiger partial charge in [-0.1, -0.05) is 6.07 Å². The number of nitrogens with one attached hydrogen (secondary N) is 1. The predicted octanol–water partition coefficient (Wildman–Crippen LogP) is 1.31. The molecule has 0 unspecified atom stereocenters. The topological polar surface area (TPSA) is 52.6 Å². The molecule has 0 spiro atoms. The third-order valence-corrected chi connectivity index (χ3v) is 3.41. The number of benzene rings is 1. The molecule has 1 fully saturated rings. The molecule has 1 saturated heterocycles. The number of nitrogens with zero attached hydrogens (tertiary/aromatic N) is 1. The average molecular weight is 248 g/mol. The Kier molecular flexibility index (Phi) is 3.99. The highest BCUT2D eigenvalue weighted by atomic mass is 16.3. The molecular weight excluding hydrogens is 228 g/mol. The van der Waals surface area contributed by atoms with Gasteiger partial charge in [-0.05, 0) is 43.5 Å². The van der Waals surface area contributed by atoms with E-state index < -0.39 is 0 Å². The van der Waals surface area contributed by atoms with Gasteiger partial charge in [0.15, 0.2) is 0 Å². The SMILES string of the molecule is Cc1ccc(NC(=O)CN2CC[C@@H](O)C2)cc1C. The number of aliphatic hydroxyl groups is 1. The number of hydrogen-bond donors (Lipinski definition) is 2. The zero-order chi connectivity index (χ0) is 13.1. The predicted molar refractivity (Wildman–Crippen MR) is 71.6 cm³/mol. The number of rotatable bonds is 3. The number of β-amino-alcohol motifs (C(OH)–C–C–N with tert-alkyl or cyclic N) is 1. The molecule has 2 rings (SSSR count). The van der Waals surface area contributed by atoms with Gasteiger partial charge in [-0.25, -0.2) is 0 Å². The largest absolute Gasteiger partial charge is 0.392 e. The van der Waals surface area contributed by atoms with E-state index in [0.29, 0.717) is 13.1 Å². The first kappa shape index (κ1) is 13.1. The molecule has 1 aliphatic heterocycles. The van der Waals surface area contributed by atoms with E-state index >= 15 is 0 Å². The molecule has 1 aliphatic rings. The lowest BCUT2D eigenvalue weighted by molar-refractivity contribution is -0.117.